The summed E-state index contributed by atoms with van der Waals surface area (Å²) in [5.74, 6) is 3.10. The number of rotatable bonds is 1. The molecular weight excluding hydrogens is 284 g/mol. The van der Waals surface area contributed by atoms with Crippen molar-refractivity contribution in [2.45, 2.75) is 77.4 Å². The lowest BCUT2D eigenvalue weighted by atomic mass is 9.45. The lowest BCUT2D eigenvalue weighted by molar-refractivity contribution is -0.129. The summed E-state index contributed by atoms with van der Waals surface area (Å²) in [5, 5.41) is 0. The molecule has 0 amide bonds. The molecule has 2 nitrogen and oxygen atoms in total. The van der Waals surface area contributed by atoms with Gasteiger partial charge in [0.15, 0.2) is 0 Å². The molecule has 0 unspecified atom stereocenters. The van der Waals surface area contributed by atoms with Crippen LogP contribution in [0.15, 0.2) is 12.2 Å². The van der Waals surface area contributed by atoms with Crippen LogP contribution in [0.3, 0.4) is 0 Å². The van der Waals surface area contributed by atoms with E-state index in [1.807, 2.05) is 6.92 Å². The van der Waals surface area contributed by atoms with Gasteiger partial charge in [0.2, 0.25) is 0 Å². The molecule has 2 heteroatoms. The summed E-state index contributed by atoms with van der Waals surface area (Å²) in [4.78, 5) is 12.2. The van der Waals surface area contributed by atoms with E-state index in [0.29, 0.717) is 23.2 Å². The number of ether oxygens (including phenoxy) is 1. The average Bonchev–Trinajstić information content (AvgIpc) is 3.08. The first-order chi connectivity index (χ1) is 10.9. The summed E-state index contributed by atoms with van der Waals surface area (Å²) in [6.07, 6.45) is 13.8. The zero-order valence-corrected chi connectivity index (χ0v) is 14.8. The van der Waals surface area contributed by atoms with Crippen LogP contribution in [0.4, 0.5) is 0 Å². The largest absolute Gasteiger partial charge is 0.365 e. The first kappa shape index (κ1) is 14.7. The van der Waals surface area contributed by atoms with E-state index >= 15 is 0 Å². The fraction of sp³-hybridized carbons (Fsp3) is 0.857. The maximum atomic E-state index is 12.2. The maximum absolute atomic E-state index is 12.2. The van der Waals surface area contributed by atoms with Crippen LogP contribution in [0, 0.1) is 34.5 Å². The zero-order valence-electron chi connectivity index (χ0n) is 14.8. The molecule has 0 aromatic rings. The molecule has 0 radical (unpaired) electrons. The molecule has 1 aliphatic heterocycles. The van der Waals surface area contributed by atoms with Crippen molar-refractivity contribution in [1.82, 2.24) is 0 Å². The van der Waals surface area contributed by atoms with Crippen molar-refractivity contribution in [3.8, 4) is 0 Å². The van der Waals surface area contributed by atoms with Crippen LogP contribution in [-0.2, 0) is 9.53 Å². The number of epoxide rings is 1. The van der Waals surface area contributed by atoms with Crippen molar-refractivity contribution in [1.29, 1.82) is 0 Å². The van der Waals surface area contributed by atoms with Gasteiger partial charge in [-0.3, -0.25) is 4.79 Å². The van der Waals surface area contributed by atoms with Crippen molar-refractivity contribution in [2.24, 2.45) is 34.5 Å². The molecule has 23 heavy (non-hydrogen) atoms. The summed E-state index contributed by atoms with van der Waals surface area (Å²) in [5.41, 5.74) is 0.781. The van der Waals surface area contributed by atoms with E-state index < -0.39 is 0 Å². The Hall–Kier alpha value is -0.630. The molecule has 1 spiro atoms. The van der Waals surface area contributed by atoms with Gasteiger partial charge in [-0.2, -0.15) is 0 Å². The van der Waals surface area contributed by atoms with Crippen molar-refractivity contribution in [2.75, 3.05) is 0 Å². The Morgan fingerprint density at radius 2 is 1.87 bits per heavy atom. The number of hydrogen-bond acceptors (Lipinski definition) is 2. The fourth-order valence-corrected chi connectivity index (χ4v) is 7.92. The number of carbonyl (C=O) groups excluding carboxylic acids is 1. The Morgan fingerprint density at radius 1 is 1.09 bits per heavy atom. The van der Waals surface area contributed by atoms with Gasteiger partial charge in [0.1, 0.15) is 11.4 Å². The van der Waals surface area contributed by atoms with E-state index in [-0.39, 0.29) is 11.0 Å². The predicted molar refractivity (Wildman–Crippen MR) is 89.9 cm³/mol. The standard InChI is InChI=1S/C21H30O2/c1-13(22)15-6-7-16-14-12-18-21(23-18)10-5-4-9-20(21,3)17(14)8-11-19(15,16)2/h4-5,14-18H,6-12H2,1-3H3/t14-,15+,16-,17-,18-,19+,20+,21-/m0/s1. The van der Waals surface area contributed by atoms with E-state index in [0.717, 1.165) is 30.6 Å². The molecule has 0 bridgehead atoms. The Morgan fingerprint density at radius 3 is 2.65 bits per heavy atom. The van der Waals surface area contributed by atoms with Crippen LogP contribution >= 0.6 is 0 Å². The predicted octanol–water partition coefficient (Wildman–Crippen LogP) is 4.53. The number of fused-ring (bicyclic) bond motifs is 4. The minimum Gasteiger partial charge on any atom is -0.365 e. The molecule has 5 aliphatic rings. The second-order valence-corrected chi connectivity index (χ2v) is 9.69. The molecule has 0 N–H and O–H groups in total. The van der Waals surface area contributed by atoms with Crippen LogP contribution < -0.4 is 0 Å². The lowest BCUT2D eigenvalue weighted by Gasteiger charge is -2.58. The topological polar surface area (TPSA) is 29.6 Å². The molecule has 4 fully saturated rings. The zero-order chi connectivity index (χ0) is 16.0. The third kappa shape index (κ3) is 1.57. The SMILES string of the molecule is CC(=O)[C@H]1CC[C@H]2[C@@H]3C[C@@H]4O[C@@]45CC=CC[C@]5(C)[C@H]3CC[C@]12C. The van der Waals surface area contributed by atoms with Gasteiger partial charge in [0, 0.05) is 11.3 Å². The highest BCUT2D eigenvalue weighted by Gasteiger charge is 2.74. The summed E-state index contributed by atoms with van der Waals surface area (Å²) in [6, 6.07) is 0. The smallest absolute Gasteiger partial charge is 0.133 e. The molecule has 3 saturated carbocycles. The Labute approximate surface area is 140 Å². The number of Topliss-reactive ketones (excluding diaryl/α,β-unsaturated/α-hetero) is 1. The Bertz CT molecular complexity index is 595. The van der Waals surface area contributed by atoms with Gasteiger partial charge >= 0.3 is 0 Å². The highest BCUT2D eigenvalue weighted by molar-refractivity contribution is 5.79. The summed E-state index contributed by atoms with van der Waals surface area (Å²) < 4.78 is 6.40. The van der Waals surface area contributed by atoms with Crippen LogP contribution in [0.1, 0.15) is 65.7 Å². The number of hydrogen-bond donors (Lipinski definition) is 0. The molecule has 0 aromatic carbocycles. The van der Waals surface area contributed by atoms with Crippen molar-refractivity contribution in [3.05, 3.63) is 12.2 Å². The van der Waals surface area contributed by atoms with E-state index in [9.17, 15) is 4.79 Å². The van der Waals surface area contributed by atoms with Gasteiger partial charge < -0.3 is 4.74 Å². The normalized spacial score (nSPS) is 59.5. The second kappa shape index (κ2) is 4.31. The first-order valence-corrected chi connectivity index (χ1v) is 9.76. The summed E-state index contributed by atoms with van der Waals surface area (Å²) in [6.45, 7) is 6.78. The highest BCUT2D eigenvalue weighted by atomic mass is 16.6. The number of carbonyl (C=O) groups is 1. The summed E-state index contributed by atoms with van der Waals surface area (Å²) >= 11 is 0. The van der Waals surface area contributed by atoms with E-state index in [4.69, 9.17) is 4.74 Å². The monoisotopic (exact) mass is 314 g/mol. The van der Waals surface area contributed by atoms with Crippen LogP contribution in [0.25, 0.3) is 0 Å². The maximum Gasteiger partial charge on any atom is 0.133 e. The fourth-order valence-electron chi connectivity index (χ4n) is 7.92. The van der Waals surface area contributed by atoms with Gasteiger partial charge in [-0.25, -0.2) is 0 Å². The molecule has 1 heterocycles. The van der Waals surface area contributed by atoms with Gasteiger partial charge in [-0.05, 0) is 75.0 Å². The van der Waals surface area contributed by atoms with Crippen molar-refractivity contribution >= 4 is 5.78 Å². The van der Waals surface area contributed by atoms with Gasteiger partial charge in [-0.1, -0.05) is 26.0 Å². The molecular formula is C21H30O2. The van der Waals surface area contributed by atoms with E-state index in [2.05, 4.69) is 26.0 Å². The van der Waals surface area contributed by atoms with E-state index in [1.165, 1.54) is 32.1 Å². The van der Waals surface area contributed by atoms with Crippen molar-refractivity contribution < 1.29 is 9.53 Å². The van der Waals surface area contributed by atoms with Crippen LogP contribution in [0.5, 0.6) is 0 Å². The second-order valence-electron chi connectivity index (χ2n) is 9.69. The summed E-state index contributed by atoms with van der Waals surface area (Å²) in [7, 11) is 0. The van der Waals surface area contributed by atoms with Gasteiger partial charge in [0.25, 0.3) is 0 Å². The first-order valence-electron chi connectivity index (χ1n) is 9.76. The Balaban J connectivity index is 1.52. The quantitative estimate of drug-likeness (QED) is 0.525. The minimum atomic E-state index is 0.176. The third-order valence-corrected chi connectivity index (χ3v) is 9.14. The van der Waals surface area contributed by atoms with E-state index in [1.54, 1.807) is 0 Å². The molecule has 5 rings (SSSR count). The molecule has 1 saturated heterocycles. The Kier molecular flexibility index (Phi) is 2.75. The lowest BCUT2D eigenvalue weighted by Crippen LogP contribution is -2.56. The molecule has 8 atom stereocenters. The number of ketones is 1. The molecule has 0 aromatic heterocycles. The van der Waals surface area contributed by atoms with Crippen molar-refractivity contribution in [3.63, 3.8) is 0 Å². The minimum absolute atomic E-state index is 0.176. The number of allylic oxidation sites excluding steroid dienone is 1. The highest BCUT2D eigenvalue weighted by Crippen LogP contribution is 2.73. The van der Waals surface area contributed by atoms with Gasteiger partial charge in [-0.15, -0.1) is 0 Å². The average molecular weight is 314 g/mol. The molecule has 4 aliphatic carbocycles. The van der Waals surface area contributed by atoms with Crippen LogP contribution in [0.2, 0.25) is 0 Å². The molecule has 126 valence electrons. The van der Waals surface area contributed by atoms with Gasteiger partial charge in [0.05, 0.1) is 6.10 Å². The van der Waals surface area contributed by atoms with Crippen LogP contribution in [-0.4, -0.2) is 17.5 Å². The third-order valence-electron chi connectivity index (χ3n) is 9.14.